The number of carbonyl (C=O) groups excluding carboxylic acids is 1. The highest BCUT2D eigenvalue weighted by molar-refractivity contribution is 5.90. The van der Waals surface area contributed by atoms with Gasteiger partial charge in [0.25, 0.3) is 0 Å². The van der Waals surface area contributed by atoms with Crippen molar-refractivity contribution >= 4 is 5.78 Å². The summed E-state index contributed by atoms with van der Waals surface area (Å²) in [5.74, 6) is 0.238. The van der Waals surface area contributed by atoms with Crippen molar-refractivity contribution < 1.29 is 9.53 Å². The molecule has 0 aliphatic heterocycles. The maximum atomic E-state index is 10.9. The topological polar surface area (TPSA) is 26.3 Å². The van der Waals surface area contributed by atoms with E-state index in [1.807, 2.05) is 0 Å². The quantitative estimate of drug-likeness (QED) is 0.140. The Morgan fingerprint density at radius 1 is 0.667 bits per heavy atom. The molecule has 0 aliphatic carbocycles. The minimum absolute atomic E-state index is 0.0634. The summed E-state index contributed by atoms with van der Waals surface area (Å²) in [4.78, 5) is 10.9. The molecule has 2 heteroatoms. The zero-order chi connectivity index (χ0) is 17.9. The second-order valence-electron chi connectivity index (χ2n) is 7.13. The molecule has 0 heterocycles. The average molecular weight is 339 g/mol. The number of unbranched alkanes of at least 4 members (excludes halogenated alkanes) is 15. The third-order valence-corrected chi connectivity index (χ3v) is 4.67. The van der Waals surface area contributed by atoms with Gasteiger partial charge in [-0.1, -0.05) is 110 Å². The lowest BCUT2D eigenvalue weighted by molar-refractivity contribution is -0.116. The van der Waals surface area contributed by atoms with Gasteiger partial charge in [-0.25, -0.2) is 0 Å². The fourth-order valence-corrected chi connectivity index (χ4v) is 2.95. The molecule has 0 aromatic heterocycles. The van der Waals surface area contributed by atoms with Crippen LogP contribution in [0, 0.1) is 0 Å². The van der Waals surface area contributed by atoms with Gasteiger partial charge in [-0.15, -0.1) is 0 Å². The summed E-state index contributed by atoms with van der Waals surface area (Å²) in [7, 11) is 0. The Bertz CT molecular complexity index is 296. The Balaban J connectivity index is 3.05. The Hall–Kier alpha value is -0.790. The van der Waals surface area contributed by atoms with Crippen LogP contribution in [0.2, 0.25) is 0 Å². The number of Topliss-reactive ketones (excluding diaryl/α,β-unsaturated/α-hetero) is 1. The van der Waals surface area contributed by atoms with Crippen LogP contribution in [0.4, 0.5) is 0 Å². The highest BCUT2D eigenvalue weighted by Crippen LogP contribution is 2.13. The van der Waals surface area contributed by atoms with Gasteiger partial charge in [0, 0.05) is 6.92 Å². The van der Waals surface area contributed by atoms with Crippen molar-refractivity contribution in [3.63, 3.8) is 0 Å². The Kier molecular flexibility index (Phi) is 17.9. The molecular weight excluding hydrogens is 296 g/mol. The predicted octanol–water partition coefficient (Wildman–Crippen LogP) is 7.37. The van der Waals surface area contributed by atoms with E-state index in [0.717, 1.165) is 6.42 Å². The van der Waals surface area contributed by atoms with E-state index in [1.165, 1.54) is 103 Å². The summed E-state index contributed by atoms with van der Waals surface area (Å²) < 4.78 is 5.28. The molecule has 142 valence electrons. The Labute approximate surface area is 151 Å². The minimum atomic E-state index is -0.0634. The summed E-state index contributed by atoms with van der Waals surface area (Å²) in [6, 6.07) is 0. The van der Waals surface area contributed by atoms with Crippen molar-refractivity contribution in [3.05, 3.63) is 12.3 Å². The van der Waals surface area contributed by atoms with Gasteiger partial charge in [0.1, 0.15) is 0 Å². The van der Waals surface area contributed by atoms with E-state index in [2.05, 4.69) is 13.5 Å². The van der Waals surface area contributed by atoms with Crippen LogP contribution in [0.5, 0.6) is 0 Å². The van der Waals surface area contributed by atoms with Gasteiger partial charge in [0.2, 0.25) is 0 Å². The van der Waals surface area contributed by atoms with Crippen LogP contribution < -0.4 is 0 Å². The smallest absolute Gasteiger partial charge is 0.193 e. The van der Waals surface area contributed by atoms with Gasteiger partial charge in [0.15, 0.2) is 11.5 Å². The van der Waals surface area contributed by atoms with Crippen LogP contribution in [0.1, 0.15) is 117 Å². The van der Waals surface area contributed by atoms with Crippen LogP contribution in [-0.2, 0) is 9.53 Å². The highest BCUT2D eigenvalue weighted by Gasteiger charge is 2.00. The molecule has 0 atom stereocenters. The maximum absolute atomic E-state index is 10.9. The maximum Gasteiger partial charge on any atom is 0.193 e. The molecular formula is C22H42O2. The summed E-state index contributed by atoms with van der Waals surface area (Å²) in [5, 5.41) is 0. The largest absolute Gasteiger partial charge is 0.491 e. The summed E-state index contributed by atoms with van der Waals surface area (Å²) >= 11 is 0. The van der Waals surface area contributed by atoms with E-state index in [0.29, 0.717) is 12.4 Å². The molecule has 0 bridgehead atoms. The number of ketones is 1. The Morgan fingerprint density at radius 3 is 1.33 bits per heavy atom. The van der Waals surface area contributed by atoms with Crippen LogP contribution in [0.15, 0.2) is 12.3 Å². The van der Waals surface area contributed by atoms with E-state index >= 15 is 0 Å². The first-order valence-electron chi connectivity index (χ1n) is 10.5. The van der Waals surface area contributed by atoms with Crippen LogP contribution >= 0.6 is 0 Å². The summed E-state index contributed by atoms with van der Waals surface area (Å²) in [5.41, 5.74) is 0. The number of allylic oxidation sites excluding steroid dienone is 1. The molecule has 0 rings (SSSR count). The predicted molar refractivity (Wildman–Crippen MR) is 105 cm³/mol. The molecule has 2 nitrogen and oxygen atoms in total. The average Bonchev–Trinajstić information content (AvgIpc) is 2.57. The molecule has 0 amide bonds. The molecule has 0 aliphatic rings. The van der Waals surface area contributed by atoms with Gasteiger partial charge < -0.3 is 4.74 Å². The molecule has 0 spiro atoms. The number of carbonyl (C=O) groups is 1. The number of ether oxygens (including phenoxy) is 1. The fourth-order valence-electron chi connectivity index (χ4n) is 2.95. The Morgan fingerprint density at radius 2 is 1.00 bits per heavy atom. The third-order valence-electron chi connectivity index (χ3n) is 4.67. The molecule has 0 N–H and O–H groups in total. The summed E-state index contributed by atoms with van der Waals surface area (Å²) in [6.45, 7) is 8.01. The van der Waals surface area contributed by atoms with E-state index in [-0.39, 0.29) is 5.78 Å². The van der Waals surface area contributed by atoms with Crippen molar-refractivity contribution in [1.29, 1.82) is 0 Å². The molecule has 0 unspecified atom stereocenters. The molecule has 0 saturated carbocycles. The van der Waals surface area contributed by atoms with E-state index in [4.69, 9.17) is 4.74 Å². The van der Waals surface area contributed by atoms with E-state index < -0.39 is 0 Å². The lowest BCUT2D eigenvalue weighted by Crippen LogP contribution is -2.01. The number of hydrogen-bond acceptors (Lipinski definition) is 2. The van der Waals surface area contributed by atoms with E-state index in [1.54, 1.807) is 0 Å². The van der Waals surface area contributed by atoms with Gasteiger partial charge in [-0.05, 0) is 6.42 Å². The van der Waals surface area contributed by atoms with Crippen LogP contribution in [0.25, 0.3) is 0 Å². The molecule has 0 aromatic rings. The highest BCUT2D eigenvalue weighted by atomic mass is 16.5. The van der Waals surface area contributed by atoms with Crippen molar-refractivity contribution in [3.8, 4) is 0 Å². The first-order valence-corrected chi connectivity index (χ1v) is 10.5. The second kappa shape index (κ2) is 18.5. The van der Waals surface area contributed by atoms with Crippen molar-refractivity contribution in [2.24, 2.45) is 0 Å². The van der Waals surface area contributed by atoms with Crippen molar-refractivity contribution in [2.75, 3.05) is 6.61 Å². The van der Waals surface area contributed by atoms with Crippen molar-refractivity contribution in [2.45, 2.75) is 117 Å². The first-order chi connectivity index (χ1) is 11.7. The van der Waals surface area contributed by atoms with Crippen LogP contribution in [0.3, 0.4) is 0 Å². The third kappa shape index (κ3) is 17.6. The minimum Gasteiger partial charge on any atom is -0.491 e. The lowest BCUT2D eigenvalue weighted by atomic mass is 10.0. The normalized spacial score (nSPS) is 10.8. The lowest BCUT2D eigenvalue weighted by Gasteiger charge is -2.06. The molecule has 24 heavy (non-hydrogen) atoms. The van der Waals surface area contributed by atoms with Crippen LogP contribution in [-0.4, -0.2) is 12.4 Å². The number of rotatable bonds is 19. The first kappa shape index (κ1) is 23.2. The molecule has 0 saturated heterocycles. The zero-order valence-electron chi connectivity index (χ0n) is 16.5. The molecule has 0 aromatic carbocycles. The number of hydrogen-bond donors (Lipinski definition) is 0. The second-order valence-corrected chi connectivity index (χ2v) is 7.13. The standard InChI is InChI=1S/C22H42O2/c1-4-5-6-7-8-9-10-11-12-13-14-15-16-17-18-19-20-24-22(3)21(2)23/h3-20H2,1-2H3. The SMILES string of the molecule is C=C(OCCCCCCCCCCCCCCCCCC)C(C)=O. The zero-order valence-corrected chi connectivity index (χ0v) is 16.5. The summed E-state index contributed by atoms with van der Waals surface area (Å²) in [6.07, 6.45) is 21.9. The van der Waals surface area contributed by atoms with E-state index in [9.17, 15) is 4.79 Å². The molecule has 0 radical (unpaired) electrons. The fraction of sp³-hybridized carbons (Fsp3) is 0.864. The van der Waals surface area contributed by atoms with Crippen molar-refractivity contribution in [1.82, 2.24) is 0 Å². The van der Waals surface area contributed by atoms with Gasteiger partial charge >= 0.3 is 0 Å². The monoisotopic (exact) mass is 338 g/mol. The van der Waals surface area contributed by atoms with Gasteiger partial charge in [-0.2, -0.15) is 0 Å². The van der Waals surface area contributed by atoms with Gasteiger partial charge in [0.05, 0.1) is 6.61 Å². The molecule has 0 fully saturated rings. The van der Waals surface area contributed by atoms with Gasteiger partial charge in [-0.3, -0.25) is 4.79 Å².